The fourth-order valence-corrected chi connectivity index (χ4v) is 2.12. The number of primary amides is 1. The summed E-state index contributed by atoms with van der Waals surface area (Å²) in [6.45, 7) is 0. The van der Waals surface area contributed by atoms with E-state index in [1.165, 1.54) is 0 Å². The number of carbonyl (C=O) groups is 2. The van der Waals surface area contributed by atoms with Gasteiger partial charge < -0.3 is 10.8 Å². The Labute approximate surface area is 99.5 Å². The highest BCUT2D eigenvalue weighted by molar-refractivity contribution is 6.45. The van der Waals surface area contributed by atoms with Crippen LogP contribution in [0.15, 0.2) is 6.07 Å². The van der Waals surface area contributed by atoms with Crippen LogP contribution in [0, 0.1) is 0 Å². The molecule has 1 aromatic carbocycles. The van der Waals surface area contributed by atoms with Crippen molar-refractivity contribution in [1.29, 1.82) is 0 Å². The van der Waals surface area contributed by atoms with E-state index >= 15 is 0 Å². The lowest BCUT2D eigenvalue weighted by atomic mass is 10.1. The Kier molecular flexibility index (Phi) is 3.44. The van der Waals surface area contributed by atoms with E-state index < -0.39 is 17.4 Å². The Balaban J connectivity index is 3.64. The van der Waals surface area contributed by atoms with Gasteiger partial charge in [0.05, 0.1) is 26.2 Å². The van der Waals surface area contributed by atoms with E-state index in [9.17, 15) is 9.59 Å². The molecule has 0 unspecified atom stereocenters. The zero-order valence-electron chi connectivity index (χ0n) is 7.05. The Morgan fingerprint density at radius 1 is 1.13 bits per heavy atom. The van der Waals surface area contributed by atoms with Crippen LogP contribution < -0.4 is 5.73 Å². The van der Waals surface area contributed by atoms with E-state index in [2.05, 4.69) is 0 Å². The maximum atomic E-state index is 10.9. The number of halogens is 3. The molecule has 4 nitrogen and oxygen atoms in total. The number of carbonyl (C=O) groups excluding carboxylic acids is 1. The largest absolute Gasteiger partial charge is 0.478 e. The highest BCUT2D eigenvalue weighted by atomic mass is 35.5. The summed E-state index contributed by atoms with van der Waals surface area (Å²) in [6.07, 6.45) is 0. The molecule has 0 aliphatic rings. The van der Waals surface area contributed by atoms with Gasteiger partial charge in [0.15, 0.2) is 0 Å². The fraction of sp³-hybridized carbons (Fsp3) is 0. The monoisotopic (exact) mass is 267 g/mol. The van der Waals surface area contributed by atoms with Crippen LogP contribution in [0.2, 0.25) is 15.1 Å². The minimum atomic E-state index is -1.36. The van der Waals surface area contributed by atoms with Crippen molar-refractivity contribution in [3.05, 3.63) is 32.3 Å². The van der Waals surface area contributed by atoms with Crippen LogP contribution in [-0.2, 0) is 0 Å². The van der Waals surface area contributed by atoms with Crippen molar-refractivity contribution in [1.82, 2.24) is 0 Å². The molecular formula is C8H4Cl3NO3. The number of aromatic carboxylic acids is 1. The number of benzene rings is 1. The Morgan fingerprint density at radius 3 is 2.00 bits per heavy atom. The van der Waals surface area contributed by atoms with Crippen molar-refractivity contribution in [3.63, 3.8) is 0 Å². The second kappa shape index (κ2) is 4.26. The summed E-state index contributed by atoms with van der Waals surface area (Å²) >= 11 is 16.9. The van der Waals surface area contributed by atoms with E-state index in [1.807, 2.05) is 0 Å². The van der Waals surface area contributed by atoms with Crippen LogP contribution in [-0.4, -0.2) is 17.0 Å². The number of carboxylic acid groups (broad SMARTS) is 1. The van der Waals surface area contributed by atoms with Crippen molar-refractivity contribution >= 4 is 46.7 Å². The van der Waals surface area contributed by atoms with Crippen LogP contribution in [0.25, 0.3) is 0 Å². The van der Waals surface area contributed by atoms with Gasteiger partial charge in [0.2, 0.25) is 0 Å². The second-order valence-electron chi connectivity index (χ2n) is 2.57. The number of rotatable bonds is 2. The van der Waals surface area contributed by atoms with Gasteiger partial charge in [-0.2, -0.15) is 0 Å². The molecule has 0 saturated heterocycles. The van der Waals surface area contributed by atoms with Crippen molar-refractivity contribution < 1.29 is 14.7 Å². The Bertz CT molecular complexity index is 421. The molecule has 1 amide bonds. The third-order valence-corrected chi connectivity index (χ3v) is 2.60. The van der Waals surface area contributed by atoms with E-state index in [1.54, 1.807) is 0 Å². The van der Waals surface area contributed by atoms with Gasteiger partial charge in [-0.25, -0.2) is 4.79 Å². The van der Waals surface area contributed by atoms with Crippen LogP contribution in [0.5, 0.6) is 0 Å². The van der Waals surface area contributed by atoms with E-state index in [-0.39, 0.29) is 20.6 Å². The first-order valence-corrected chi connectivity index (χ1v) is 4.70. The maximum absolute atomic E-state index is 10.9. The van der Waals surface area contributed by atoms with E-state index in [0.717, 1.165) is 6.07 Å². The normalized spacial score (nSPS) is 10.1. The van der Waals surface area contributed by atoms with Crippen molar-refractivity contribution in [2.45, 2.75) is 0 Å². The quantitative estimate of drug-likeness (QED) is 0.864. The Morgan fingerprint density at radius 2 is 1.60 bits per heavy atom. The standard InChI is InChI=1S/C8H4Cl3NO3/c9-2-1-3(10)5(8(14)15)6(11)4(2)7(12)13/h1H,(H2,12,13)(H,14,15). The molecule has 0 spiro atoms. The molecular weight excluding hydrogens is 264 g/mol. The summed E-state index contributed by atoms with van der Waals surface area (Å²) in [4.78, 5) is 21.7. The first-order valence-electron chi connectivity index (χ1n) is 3.56. The van der Waals surface area contributed by atoms with Crippen LogP contribution in [0.4, 0.5) is 0 Å². The molecule has 0 aromatic heterocycles. The molecule has 0 aliphatic heterocycles. The third kappa shape index (κ3) is 2.17. The number of hydrogen-bond donors (Lipinski definition) is 2. The molecule has 0 heterocycles. The zero-order chi connectivity index (χ0) is 11.7. The summed E-state index contributed by atoms with van der Waals surface area (Å²) in [5, 5.41) is 8.19. The SMILES string of the molecule is NC(=O)c1c(Cl)cc(Cl)c(C(=O)O)c1Cl. The summed E-state index contributed by atoms with van der Waals surface area (Å²) in [5.41, 5.74) is 4.35. The van der Waals surface area contributed by atoms with Gasteiger partial charge in [-0.3, -0.25) is 4.79 Å². The summed E-state index contributed by atoms with van der Waals surface area (Å²) in [5.74, 6) is -2.27. The molecule has 0 aliphatic carbocycles. The minimum absolute atomic E-state index is 0.0810. The maximum Gasteiger partial charge on any atom is 0.338 e. The van der Waals surface area contributed by atoms with Crippen molar-refractivity contribution in [3.8, 4) is 0 Å². The van der Waals surface area contributed by atoms with Gasteiger partial charge in [-0.15, -0.1) is 0 Å². The molecule has 0 saturated carbocycles. The second-order valence-corrected chi connectivity index (χ2v) is 3.77. The molecule has 3 N–H and O–H groups in total. The van der Waals surface area contributed by atoms with Gasteiger partial charge in [0.25, 0.3) is 5.91 Å². The van der Waals surface area contributed by atoms with Crippen molar-refractivity contribution in [2.24, 2.45) is 5.73 Å². The predicted octanol–water partition coefficient (Wildman–Crippen LogP) is 2.44. The molecule has 0 atom stereocenters. The lowest BCUT2D eigenvalue weighted by Gasteiger charge is -2.07. The highest BCUT2D eigenvalue weighted by Gasteiger charge is 2.22. The number of amides is 1. The van der Waals surface area contributed by atoms with Crippen LogP contribution in [0.1, 0.15) is 20.7 Å². The first-order chi connectivity index (χ1) is 6.86. The fourth-order valence-electron chi connectivity index (χ4n) is 1.01. The van der Waals surface area contributed by atoms with E-state index in [4.69, 9.17) is 45.6 Å². The topological polar surface area (TPSA) is 80.4 Å². The van der Waals surface area contributed by atoms with Gasteiger partial charge in [-0.1, -0.05) is 34.8 Å². The number of carboxylic acids is 1. The summed E-state index contributed by atoms with van der Waals surface area (Å²) in [6, 6.07) is 1.11. The predicted molar refractivity (Wildman–Crippen MR) is 56.9 cm³/mol. The number of hydrogen-bond acceptors (Lipinski definition) is 2. The van der Waals surface area contributed by atoms with Gasteiger partial charge in [-0.05, 0) is 6.07 Å². The molecule has 80 valence electrons. The van der Waals surface area contributed by atoms with E-state index in [0.29, 0.717) is 0 Å². The molecule has 0 fully saturated rings. The lowest BCUT2D eigenvalue weighted by molar-refractivity contribution is 0.0697. The molecule has 15 heavy (non-hydrogen) atoms. The Hall–Kier alpha value is -0.970. The average Bonchev–Trinajstić information content (AvgIpc) is 1.99. The lowest BCUT2D eigenvalue weighted by Crippen LogP contribution is -2.14. The average molecular weight is 268 g/mol. The minimum Gasteiger partial charge on any atom is -0.478 e. The zero-order valence-corrected chi connectivity index (χ0v) is 9.32. The first kappa shape index (κ1) is 12.1. The van der Waals surface area contributed by atoms with Gasteiger partial charge in [0, 0.05) is 0 Å². The third-order valence-electron chi connectivity index (χ3n) is 1.63. The van der Waals surface area contributed by atoms with Crippen molar-refractivity contribution in [2.75, 3.05) is 0 Å². The smallest absolute Gasteiger partial charge is 0.338 e. The molecule has 0 radical (unpaired) electrons. The highest BCUT2D eigenvalue weighted by Crippen LogP contribution is 2.33. The molecule has 7 heteroatoms. The molecule has 1 rings (SSSR count). The van der Waals surface area contributed by atoms with Crippen LogP contribution in [0.3, 0.4) is 0 Å². The molecule has 0 bridgehead atoms. The summed E-state index contributed by atoms with van der Waals surface area (Å²) < 4.78 is 0. The van der Waals surface area contributed by atoms with Crippen LogP contribution >= 0.6 is 34.8 Å². The molecule has 1 aromatic rings. The van der Waals surface area contributed by atoms with Gasteiger partial charge >= 0.3 is 5.97 Å². The van der Waals surface area contributed by atoms with Gasteiger partial charge in [0.1, 0.15) is 0 Å². The number of nitrogens with two attached hydrogens (primary N) is 1. The summed E-state index contributed by atoms with van der Waals surface area (Å²) in [7, 11) is 0.